The first-order valence-corrected chi connectivity index (χ1v) is 9.20. The van der Waals surface area contributed by atoms with Crippen molar-refractivity contribution in [1.82, 2.24) is 0 Å². The van der Waals surface area contributed by atoms with Gasteiger partial charge in [0.2, 0.25) is 6.29 Å². The van der Waals surface area contributed by atoms with E-state index in [0.717, 1.165) is 6.92 Å². The summed E-state index contributed by atoms with van der Waals surface area (Å²) in [7, 11) is 1.32. The monoisotopic (exact) mass is 444 g/mol. The van der Waals surface area contributed by atoms with E-state index in [1.807, 2.05) is 0 Å². The molecule has 4 rings (SSSR count). The van der Waals surface area contributed by atoms with E-state index in [2.05, 4.69) is 0 Å². The van der Waals surface area contributed by atoms with Crippen LogP contribution in [-0.4, -0.2) is 41.5 Å². The fraction of sp³-hybridized carbons (Fsp3) is 0.238. The second-order valence-corrected chi connectivity index (χ2v) is 6.93. The molecule has 2 aromatic rings. The molecule has 1 atom stereocenters. The van der Waals surface area contributed by atoms with Crippen molar-refractivity contribution in [3.05, 3.63) is 39.4 Å². The number of rotatable bonds is 4. The van der Waals surface area contributed by atoms with Crippen LogP contribution in [0.1, 0.15) is 61.0 Å². The Hall–Kier alpha value is -4.12. The molecule has 11 heteroatoms. The standard InChI is InChI=1S/C21H16O11/c1-7-4-11(28-3)9(5-22)16-12(7)19(25)31-17-10(6-29-8(2)23)15(24)13-14(18(17)30-16)21(27)32-20(13)26/h4-5,21,24,27H,6H2,1-3H3. The molecule has 2 aromatic carbocycles. The lowest BCUT2D eigenvalue weighted by atomic mass is 10.0. The van der Waals surface area contributed by atoms with E-state index in [0.29, 0.717) is 11.8 Å². The number of phenols is 1. The summed E-state index contributed by atoms with van der Waals surface area (Å²) in [5.74, 6) is -4.35. The van der Waals surface area contributed by atoms with E-state index in [1.165, 1.54) is 13.2 Å². The second kappa shape index (κ2) is 7.54. The van der Waals surface area contributed by atoms with E-state index >= 15 is 0 Å². The molecule has 2 aliphatic heterocycles. The number of aliphatic hydroxyl groups excluding tert-OH is 1. The highest BCUT2D eigenvalue weighted by atomic mass is 16.6. The van der Waals surface area contributed by atoms with Crippen molar-refractivity contribution in [2.75, 3.05) is 7.11 Å². The van der Waals surface area contributed by atoms with E-state index in [-0.39, 0.29) is 39.5 Å². The topological polar surface area (TPSA) is 155 Å². The molecular formula is C21H16O11. The summed E-state index contributed by atoms with van der Waals surface area (Å²) in [5, 5.41) is 20.9. The van der Waals surface area contributed by atoms with Crippen LogP contribution in [0.3, 0.4) is 0 Å². The van der Waals surface area contributed by atoms with Gasteiger partial charge in [-0.3, -0.25) is 9.59 Å². The fourth-order valence-electron chi connectivity index (χ4n) is 3.60. The minimum atomic E-state index is -1.86. The second-order valence-electron chi connectivity index (χ2n) is 6.93. The Bertz CT molecular complexity index is 1210. The summed E-state index contributed by atoms with van der Waals surface area (Å²) in [4.78, 5) is 48.4. The number of benzene rings is 2. The molecule has 166 valence electrons. The lowest BCUT2D eigenvalue weighted by molar-refractivity contribution is -0.142. The Morgan fingerprint density at radius 2 is 1.88 bits per heavy atom. The smallest absolute Gasteiger partial charge is 0.347 e. The van der Waals surface area contributed by atoms with Crippen LogP contribution in [0.4, 0.5) is 0 Å². The Labute approximate surface area is 180 Å². The summed E-state index contributed by atoms with van der Waals surface area (Å²) < 4.78 is 26.2. The third-order valence-electron chi connectivity index (χ3n) is 5.03. The lowest BCUT2D eigenvalue weighted by Gasteiger charge is -2.18. The molecule has 0 saturated heterocycles. The van der Waals surface area contributed by atoms with Gasteiger partial charge in [0, 0.05) is 6.92 Å². The molecule has 11 nitrogen and oxygen atoms in total. The van der Waals surface area contributed by atoms with Crippen molar-refractivity contribution >= 4 is 24.2 Å². The normalized spacial score (nSPS) is 15.9. The van der Waals surface area contributed by atoms with Gasteiger partial charge in [0.25, 0.3) is 0 Å². The number of aliphatic hydroxyl groups is 1. The number of hydrogen-bond donors (Lipinski definition) is 2. The lowest BCUT2D eigenvalue weighted by Crippen LogP contribution is -2.12. The first-order chi connectivity index (χ1) is 15.2. The number of carbonyl (C=O) groups is 4. The van der Waals surface area contributed by atoms with Crippen molar-refractivity contribution in [1.29, 1.82) is 0 Å². The zero-order valence-electron chi connectivity index (χ0n) is 17.0. The Kier molecular flexibility index (Phi) is 4.97. The molecule has 2 aliphatic rings. The first-order valence-electron chi connectivity index (χ1n) is 9.20. The van der Waals surface area contributed by atoms with Gasteiger partial charge in [-0.1, -0.05) is 0 Å². The maximum atomic E-state index is 13.0. The SMILES string of the molecule is COc1cc(C)c2c(c1C=O)Oc1c(c(COC(C)=O)c(O)c3c1C(O)OC3=O)OC2=O. The van der Waals surface area contributed by atoms with Gasteiger partial charge in [0.05, 0.1) is 23.8 Å². The number of fused-ring (bicyclic) bond motifs is 4. The van der Waals surface area contributed by atoms with Gasteiger partial charge in [0.15, 0.2) is 23.5 Å². The van der Waals surface area contributed by atoms with Crippen molar-refractivity contribution in [2.24, 2.45) is 0 Å². The largest absolute Gasteiger partial charge is 0.506 e. The molecule has 0 amide bonds. The number of cyclic esters (lactones) is 1. The van der Waals surface area contributed by atoms with Gasteiger partial charge >= 0.3 is 17.9 Å². The van der Waals surface area contributed by atoms with Crippen LogP contribution in [0.5, 0.6) is 28.7 Å². The van der Waals surface area contributed by atoms with E-state index < -0.39 is 47.9 Å². The molecule has 0 bridgehead atoms. The summed E-state index contributed by atoms with van der Waals surface area (Å²) in [6.07, 6.45) is -1.44. The van der Waals surface area contributed by atoms with E-state index in [9.17, 15) is 29.4 Å². The van der Waals surface area contributed by atoms with Crippen molar-refractivity contribution in [3.63, 3.8) is 0 Å². The molecule has 2 N–H and O–H groups in total. The highest BCUT2D eigenvalue weighted by molar-refractivity contribution is 6.03. The number of methoxy groups -OCH3 is 1. The van der Waals surface area contributed by atoms with Crippen LogP contribution in [-0.2, 0) is 20.9 Å². The molecule has 2 heterocycles. The van der Waals surface area contributed by atoms with Crippen LogP contribution < -0.4 is 14.2 Å². The highest BCUT2D eigenvalue weighted by Crippen LogP contribution is 2.54. The number of aldehydes is 1. The zero-order chi connectivity index (χ0) is 23.3. The molecular weight excluding hydrogens is 428 g/mol. The predicted octanol–water partition coefficient (Wildman–Crippen LogP) is 2.07. The van der Waals surface area contributed by atoms with Gasteiger partial charge < -0.3 is 33.9 Å². The van der Waals surface area contributed by atoms with E-state index in [1.54, 1.807) is 6.92 Å². The Morgan fingerprint density at radius 3 is 2.50 bits per heavy atom. The number of hydrogen-bond acceptors (Lipinski definition) is 11. The molecule has 0 radical (unpaired) electrons. The van der Waals surface area contributed by atoms with Crippen LogP contribution in [0.2, 0.25) is 0 Å². The van der Waals surface area contributed by atoms with Gasteiger partial charge in [-0.15, -0.1) is 0 Å². The highest BCUT2D eigenvalue weighted by Gasteiger charge is 2.43. The summed E-state index contributed by atoms with van der Waals surface area (Å²) >= 11 is 0. The number of carbonyl (C=O) groups excluding carboxylic acids is 4. The van der Waals surface area contributed by atoms with Gasteiger partial charge in [0.1, 0.15) is 29.2 Å². The van der Waals surface area contributed by atoms with Gasteiger partial charge in [-0.05, 0) is 18.6 Å². The number of phenolic OH excluding ortho intramolecular Hbond substituents is 1. The molecule has 0 aromatic heterocycles. The zero-order valence-corrected chi connectivity index (χ0v) is 17.0. The van der Waals surface area contributed by atoms with Crippen LogP contribution >= 0.6 is 0 Å². The third kappa shape index (κ3) is 3.02. The predicted molar refractivity (Wildman–Crippen MR) is 102 cm³/mol. The number of esters is 3. The summed E-state index contributed by atoms with van der Waals surface area (Å²) in [5.41, 5.74) is -0.928. The quantitative estimate of drug-likeness (QED) is 0.404. The minimum Gasteiger partial charge on any atom is -0.506 e. The first kappa shape index (κ1) is 21.1. The maximum absolute atomic E-state index is 13.0. The fourth-order valence-corrected chi connectivity index (χ4v) is 3.60. The number of ether oxygens (including phenoxy) is 5. The van der Waals surface area contributed by atoms with Crippen LogP contribution in [0.25, 0.3) is 0 Å². The molecule has 0 spiro atoms. The molecule has 1 unspecified atom stereocenters. The summed E-state index contributed by atoms with van der Waals surface area (Å²) in [6, 6.07) is 1.44. The number of aryl methyl sites for hydroxylation is 1. The Morgan fingerprint density at radius 1 is 1.16 bits per heavy atom. The molecule has 0 saturated carbocycles. The van der Waals surface area contributed by atoms with Crippen molar-refractivity contribution < 1.29 is 53.1 Å². The minimum absolute atomic E-state index is 0.107. The number of aromatic hydroxyl groups is 1. The van der Waals surface area contributed by atoms with Crippen LogP contribution in [0.15, 0.2) is 6.07 Å². The van der Waals surface area contributed by atoms with Crippen molar-refractivity contribution in [3.8, 4) is 28.7 Å². The average Bonchev–Trinajstić information content (AvgIpc) is 2.93. The third-order valence-corrected chi connectivity index (χ3v) is 5.03. The molecule has 32 heavy (non-hydrogen) atoms. The Balaban J connectivity index is 2.06. The molecule has 0 aliphatic carbocycles. The molecule has 0 fully saturated rings. The average molecular weight is 444 g/mol. The van der Waals surface area contributed by atoms with Gasteiger partial charge in [-0.25, -0.2) is 9.59 Å². The summed E-state index contributed by atoms with van der Waals surface area (Å²) in [6.45, 7) is 2.08. The van der Waals surface area contributed by atoms with Crippen LogP contribution in [0, 0.1) is 6.92 Å². The van der Waals surface area contributed by atoms with E-state index in [4.69, 9.17) is 23.7 Å². The van der Waals surface area contributed by atoms with Gasteiger partial charge in [-0.2, -0.15) is 0 Å². The van der Waals surface area contributed by atoms with Crippen molar-refractivity contribution in [2.45, 2.75) is 26.7 Å². The maximum Gasteiger partial charge on any atom is 0.347 e.